The van der Waals surface area contributed by atoms with Crippen molar-refractivity contribution in [3.8, 4) is 0 Å². The number of benzene rings is 1. The standard InChI is InChI=1S/C11H17ClIN3O2S/c1-14-6-3-7-16(2)19(17,18)15-11-5-4-9(12)8-10(11)13/h4-5,8,14-15H,3,6-7H2,1-2H3. The molecule has 5 nitrogen and oxygen atoms in total. The van der Waals surface area contributed by atoms with Crippen molar-refractivity contribution in [3.05, 3.63) is 26.8 Å². The third kappa shape index (κ3) is 5.42. The summed E-state index contributed by atoms with van der Waals surface area (Å²) in [4.78, 5) is 0. The molecule has 1 rings (SSSR count). The Morgan fingerprint density at radius 2 is 2.11 bits per heavy atom. The molecular formula is C11H17ClIN3O2S. The second-order valence-electron chi connectivity index (χ2n) is 4.01. The summed E-state index contributed by atoms with van der Waals surface area (Å²) in [6.45, 7) is 1.23. The van der Waals surface area contributed by atoms with Gasteiger partial charge in [0.15, 0.2) is 0 Å². The number of hydrogen-bond donors (Lipinski definition) is 2. The van der Waals surface area contributed by atoms with E-state index in [1.807, 2.05) is 29.6 Å². The van der Waals surface area contributed by atoms with Gasteiger partial charge < -0.3 is 5.32 Å². The molecule has 0 saturated carbocycles. The van der Waals surface area contributed by atoms with Crippen LogP contribution in [0, 0.1) is 3.57 Å². The smallest absolute Gasteiger partial charge is 0.301 e. The quantitative estimate of drug-likeness (QED) is 0.528. The van der Waals surface area contributed by atoms with Gasteiger partial charge in [0.25, 0.3) is 0 Å². The summed E-state index contributed by atoms with van der Waals surface area (Å²) in [5.41, 5.74) is 0.533. The highest BCUT2D eigenvalue weighted by molar-refractivity contribution is 14.1. The molecule has 0 heterocycles. The zero-order valence-electron chi connectivity index (χ0n) is 10.8. The minimum atomic E-state index is -3.52. The van der Waals surface area contributed by atoms with E-state index >= 15 is 0 Å². The van der Waals surface area contributed by atoms with E-state index in [-0.39, 0.29) is 0 Å². The highest BCUT2D eigenvalue weighted by atomic mass is 127. The molecule has 0 aliphatic carbocycles. The lowest BCUT2D eigenvalue weighted by molar-refractivity contribution is 0.462. The van der Waals surface area contributed by atoms with Crippen molar-refractivity contribution in [2.45, 2.75) is 6.42 Å². The molecule has 0 amide bonds. The van der Waals surface area contributed by atoms with Crippen LogP contribution in [-0.4, -0.2) is 39.9 Å². The lowest BCUT2D eigenvalue weighted by Gasteiger charge is -2.18. The number of halogens is 2. The summed E-state index contributed by atoms with van der Waals surface area (Å²) in [5, 5.41) is 3.56. The molecule has 0 aliphatic heterocycles. The van der Waals surface area contributed by atoms with Gasteiger partial charge in [0.1, 0.15) is 0 Å². The van der Waals surface area contributed by atoms with Gasteiger partial charge in [-0.3, -0.25) is 4.72 Å². The van der Waals surface area contributed by atoms with Crippen molar-refractivity contribution in [3.63, 3.8) is 0 Å². The van der Waals surface area contributed by atoms with Gasteiger partial charge in [-0.05, 0) is 60.8 Å². The first-order valence-electron chi connectivity index (χ1n) is 5.70. The first-order valence-corrected chi connectivity index (χ1v) is 8.60. The molecular weight excluding hydrogens is 401 g/mol. The maximum Gasteiger partial charge on any atom is 0.301 e. The molecule has 0 spiro atoms. The van der Waals surface area contributed by atoms with Gasteiger partial charge in [-0.2, -0.15) is 12.7 Å². The molecule has 0 aromatic heterocycles. The highest BCUT2D eigenvalue weighted by Crippen LogP contribution is 2.23. The van der Waals surface area contributed by atoms with Crippen LogP contribution < -0.4 is 10.0 Å². The second kappa shape index (κ2) is 7.63. The Bertz CT molecular complexity index is 525. The Balaban J connectivity index is 2.73. The minimum Gasteiger partial charge on any atom is -0.320 e. The summed E-state index contributed by atoms with van der Waals surface area (Å²) in [6.07, 6.45) is 0.756. The maximum atomic E-state index is 12.1. The van der Waals surface area contributed by atoms with Crippen LogP contribution in [0.5, 0.6) is 0 Å². The number of nitrogens with zero attached hydrogens (tertiary/aromatic N) is 1. The molecule has 0 fully saturated rings. The number of anilines is 1. The molecule has 1 aromatic rings. The predicted molar refractivity (Wildman–Crippen MR) is 87.9 cm³/mol. The Morgan fingerprint density at radius 3 is 2.68 bits per heavy atom. The molecule has 0 saturated heterocycles. The van der Waals surface area contributed by atoms with Crippen LogP contribution >= 0.6 is 34.2 Å². The van der Waals surface area contributed by atoms with Crippen molar-refractivity contribution in [2.75, 3.05) is 31.9 Å². The average molecular weight is 418 g/mol. The SMILES string of the molecule is CNCCCN(C)S(=O)(=O)Nc1ccc(Cl)cc1I. The van der Waals surface area contributed by atoms with E-state index in [9.17, 15) is 8.42 Å². The number of hydrogen-bond acceptors (Lipinski definition) is 3. The first-order chi connectivity index (χ1) is 8.86. The van der Waals surface area contributed by atoms with Crippen LogP contribution in [0.1, 0.15) is 6.42 Å². The maximum absolute atomic E-state index is 12.1. The van der Waals surface area contributed by atoms with Crippen LogP contribution in [0.2, 0.25) is 5.02 Å². The van der Waals surface area contributed by atoms with E-state index in [1.54, 1.807) is 25.2 Å². The molecule has 108 valence electrons. The topological polar surface area (TPSA) is 61.4 Å². The fraction of sp³-hybridized carbons (Fsp3) is 0.455. The molecule has 0 bridgehead atoms. The van der Waals surface area contributed by atoms with Gasteiger partial charge in [-0.1, -0.05) is 11.6 Å². The van der Waals surface area contributed by atoms with E-state index in [2.05, 4.69) is 10.0 Å². The Labute approximate surface area is 133 Å². The van der Waals surface area contributed by atoms with Crippen molar-refractivity contribution in [1.82, 2.24) is 9.62 Å². The molecule has 0 atom stereocenters. The number of nitrogens with one attached hydrogen (secondary N) is 2. The molecule has 19 heavy (non-hydrogen) atoms. The Kier molecular flexibility index (Phi) is 6.81. The van der Waals surface area contributed by atoms with E-state index in [4.69, 9.17) is 11.6 Å². The van der Waals surface area contributed by atoms with Gasteiger partial charge in [-0.25, -0.2) is 0 Å². The third-order valence-electron chi connectivity index (χ3n) is 2.48. The molecule has 0 aliphatic rings. The predicted octanol–water partition coefficient (Wildman–Crippen LogP) is 2.14. The first kappa shape index (κ1) is 17.0. The van der Waals surface area contributed by atoms with Crippen LogP contribution in [0.4, 0.5) is 5.69 Å². The van der Waals surface area contributed by atoms with E-state index in [0.29, 0.717) is 17.3 Å². The van der Waals surface area contributed by atoms with Crippen molar-refractivity contribution in [1.29, 1.82) is 0 Å². The fourth-order valence-corrected chi connectivity index (χ4v) is 3.56. The van der Waals surface area contributed by atoms with E-state index < -0.39 is 10.2 Å². The molecule has 2 N–H and O–H groups in total. The summed E-state index contributed by atoms with van der Waals surface area (Å²) >= 11 is 7.88. The van der Waals surface area contributed by atoms with Gasteiger partial charge in [0.05, 0.1) is 5.69 Å². The zero-order chi connectivity index (χ0) is 14.5. The lowest BCUT2D eigenvalue weighted by atomic mass is 10.3. The fourth-order valence-electron chi connectivity index (χ4n) is 1.39. The Morgan fingerprint density at radius 1 is 1.42 bits per heavy atom. The zero-order valence-corrected chi connectivity index (χ0v) is 14.5. The van der Waals surface area contributed by atoms with Crippen LogP contribution in [0.25, 0.3) is 0 Å². The van der Waals surface area contributed by atoms with Gasteiger partial charge in [-0.15, -0.1) is 0 Å². The summed E-state index contributed by atoms with van der Waals surface area (Å²) < 4.78 is 28.8. The highest BCUT2D eigenvalue weighted by Gasteiger charge is 2.18. The van der Waals surface area contributed by atoms with E-state index in [0.717, 1.165) is 16.5 Å². The van der Waals surface area contributed by atoms with E-state index in [1.165, 1.54) is 4.31 Å². The Hall–Kier alpha value is -0.0900. The lowest BCUT2D eigenvalue weighted by Crippen LogP contribution is -2.34. The number of rotatable bonds is 7. The van der Waals surface area contributed by atoms with Gasteiger partial charge in [0.2, 0.25) is 0 Å². The minimum absolute atomic E-state index is 0.459. The van der Waals surface area contributed by atoms with Crippen molar-refractivity contribution < 1.29 is 8.42 Å². The normalized spacial score (nSPS) is 11.8. The van der Waals surface area contributed by atoms with Crippen LogP contribution in [-0.2, 0) is 10.2 Å². The van der Waals surface area contributed by atoms with Crippen molar-refractivity contribution >= 4 is 50.1 Å². The second-order valence-corrected chi connectivity index (χ2v) is 7.39. The summed E-state index contributed by atoms with van der Waals surface area (Å²) in [5.74, 6) is 0. The third-order valence-corrected chi connectivity index (χ3v) is 5.09. The van der Waals surface area contributed by atoms with Gasteiger partial charge in [0, 0.05) is 22.2 Å². The molecule has 1 aromatic carbocycles. The molecule has 0 unspecified atom stereocenters. The van der Waals surface area contributed by atoms with Gasteiger partial charge >= 0.3 is 10.2 Å². The summed E-state index contributed by atoms with van der Waals surface area (Å²) in [6, 6.07) is 5.02. The molecule has 8 heteroatoms. The monoisotopic (exact) mass is 417 g/mol. The largest absolute Gasteiger partial charge is 0.320 e. The van der Waals surface area contributed by atoms with Crippen molar-refractivity contribution in [2.24, 2.45) is 0 Å². The molecule has 0 radical (unpaired) electrons. The average Bonchev–Trinajstić information content (AvgIpc) is 2.33. The van der Waals surface area contributed by atoms with Crippen LogP contribution in [0.3, 0.4) is 0 Å². The van der Waals surface area contributed by atoms with Crippen LogP contribution in [0.15, 0.2) is 18.2 Å². The summed E-state index contributed by atoms with van der Waals surface area (Å²) in [7, 11) is -0.129.